The van der Waals surface area contributed by atoms with Crippen LogP contribution < -0.4 is 10.1 Å². The SMILES string of the molecule is CCOc1ccccc1C(Nc1cccc(F)c1)C(=O)O. The minimum absolute atomic E-state index is 0.397. The standard InChI is InChI=1S/C16H16FNO3/c1-2-21-14-9-4-3-8-13(14)15(16(19)20)18-12-7-5-6-11(17)10-12/h3-10,15,18H,2H2,1H3,(H,19,20). The van der Waals surface area contributed by atoms with Crippen LogP contribution in [0.3, 0.4) is 0 Å². The Bertz CT molecular complexity index is 630. The maximum absolute atomic E-state index is 13.2. The molecule has 2 N–H and O–H groups in total. The van der Waals surface area contributed by atoms with Crippen molar-refractivity contribution >= 4 is 11.7 Å². The van der Waals surface area contributed by atoms with Crippen molar-refractivity contribution in [3.05, 3.63) is 59.9 Å². The Labute approximate surface area is 122 Å². The van der Waals surface area contributed by atoms with E-state index in [4.69, 9.17) is 4.74 Å². The summed E-state index contributed by atoms with van der Waals surface area (Å²) in [4.78, 5) is 11.5. The molecule has 0 amide bonds. The predicted octanol–water partition coefficient (Wildman–Crippen LogP) is 3.46. The molecule has 0 saturated heterocycles. The van der Waals surface area contributed by atoms with Crippen molar-refractivity contribution in [2.75, 3.05) is 11.9 Å². The van der Waals surface area contributed by atoms with Gasteiger partial charge in [-0.05, 0) is 31.2 Å². The molecule has 0 aromatic heterocycles. The summed E-state index contributed by atoms with van der Waals surface area (Å²) in [7, 11) is 0. The molecule has 0 aliphatic rings. The van der Waals surface area contributed by atoms with Gasteiger partial charge in [-0.2, -0.15) is 0 Å². The molecule has 2 aromatic carbocycles. The van der Waals surface area contributed by atoms with Crippen LogP contribution in [0.4, 0.5) is 10.1 Å². The molecule has 0 bridgehead atoms. The number of rotatable bonds is 6. The van der Waals surface area contributed by atoms with Gasteiger partial charge < -0.3 is 15.2 Å². The summed E-state index contributed by atoms with van der Waals surface area (Å²) in [6.07, 6.45) is 0. The number of hydrogen-bond acceptors (Lipinski definition) is 3. The van der Waals surface area contributed by atoms with Gasteiger partial charge >= 0.3 is 5.97 Å². The monoisotopic (exact) mass is 289 g/mol. The van der Waals surface area contributed by atoms with Gasteiger partial charge in [0.25, 0.3) is 0 Å². The quantitative estimate of drug-likeness (QED) is 0.855. The van der Waals surface area contributed by atoms with Crippen LogP contribution in [0.5, 0.6) is 5.75 Å². The van der Waals surface area contributed by atoms with Gasteiger partial charge in [-0.15, -0.1) is 0 Å². The molecule has 4 nitrogen and oxygen atoms in total. The van der Waals surface area contributed by atoms with E-state index in [1.165, 1.54) is 18.2 Å². The van der Waals surface area contributed by atoms with E-state index < -0.39 is 17.8 Å². The number of halogens is 1. The highest BCUT2D eigenvalue weighted by Gasteiger charge is 2.23. The molecule has 2 aromatic rings. The zero-order chi connectivity index (χ0) is 15.2. The third-order valence-corrected chi connectivity index (χ3v) is 2.91. The fourth-order valence-electron chi connectivity index (χ4n) is 2.02. The number of para-hydroxylation sites is 1. The van der Waals surface area contributed by atoms with E-state index in [0.717, 1.165) is 0 Å². The smallest absolute Gasteiger partial charge is 0.330 e. The van der Waals surface area contributed by atoms with Crippen molar-refractivity contribution in [3.8, 4) is 5.75 Å². The fourth-order valence-corrected chi connectivity index (χ4v) is 2.02. The summed E-state index contributed by atoms with van der Waals surface area (Å²) < 4.78 is 18.7. The molecule has 0 heterocycles. The predicted molar refractivity (Wildman–Crippen MR) is 78.0 cm³/mol. The van der Waals surface area contributed by atoms with Gasteiger partial charge in [0, 0.05) is 11.3 Å². The van der Waals surface area contributed by atoms with Gasteiger partial charge in [-0.25, -0.2) is 9.18 Å². The second-order valence-electron chi connectivity index (χ2n) is 4.40. The molecule has 0 fully saturated rings. The third-order valence-electron chi connectivity index (χ3n) is 2.91. The van der Waals surface area contributed by atoms with Crippen LogP contribution in [0.15, 0.2) is 48.5 Å². The van der Waals surface area contributed by atoms with Crippen LogP contribution in [0.2, 0.25) is 0 Å². The van der Waals surface area contributed by atoms with Crippen LogP contribution >= 0.6 is 0 Å². The molecule has 0 aliphatic heterocycles. The van der Waals surface area contributed by atoms with Crippen molar-refractivity contribution in [2.45, 2.75) is 13.0 Å². The fraction of sp³-hybridized carbons (Fsp3) is 0.188. The molecule has 0 aliphatic carbocycles. The van der Waals surface area contributed by atoms with Crippen LogP contribution in [0.25, 0.3) is 0 Å². The van der Waals surface area contributed by atoms with Crippen molar-refractivity contribution in [1.29, 1.82) is 0 Å². The summed E-state index contributed by atoms with van der Waals surface area (Å²) in [5, 5.41) is 12.3. The van der Waals surface area contributed by atoms with Crippen LogP contribution in [-0.4, -0.2) is 17.7 Å². The number of aliphatic carboxylic acids is 1. The Kier molecular flexibility index (Phi) is 4.77. The summed E-state index contributed by atoms with van der Waals surface area (Å²) in [5.41, 5.74) is 0.893. The molecule has 1 unspecified atom stereocenters. The molecule has 0 radical (unpaired) electrons. The molecule has 0 saturated carbocycles. The Morgan fingerprint density at radius 3 is 2.71 bits per heavy atom. The number of hydrogen-bond donors (Lipinski definition) is 2. The average Bonchev–Trinajstić information content (AvgIpc) is 2.46. The second kappa shape index (κ2) is 6.74. The Balaban J connectivity index is 2.33. The number of carbonyl (C=O) groups is 1. The summed E-state index contributed by atoms with van der Waals surface area (Å²) in [5.74, 6) is -0.995. The van der Waals surface area contributed by atoms with Gasteiger partial charge in [0.2, 0.25) is 0 Å². The molecular weight excluding hydrogens is 273 g/mol. The van der Waals surface area contributed by atoms with Gasteiger partial charge in [-0.3, -0.25) is 0 Å². The van der Waals surface area contributed by atoms with Crippen molar-refractivity contribution in [2.24, 2.45) is 0 Å². The normalized spacial score (nSPS) is 11.7. The first kappa shape index (κ1) is 14.8. The average molecular weight is 289 g/mol. The minimum atomic E-state index is -1.06. The van der Waals surface area contributed by atoms with Crippen LogP contribution in [0, 0.1) is 5.82 Å². The number of carboxylic acid groups (broad SMARTS) is 1. The van der Waals surface area contributed by atoms with Crippen LogP contribution in [-0.2, 0) is 4.79 Å². The molecule has 1 atom stereocenters. The number of benzene rings is 2. The zero-order valence-corrected chi connectivity index (χ0v) is 11.5. The van der Waals surface area contributed by atoms with E-state index in [2.05, 4.69) is 5.32 Å². The molecular formula is C16H16FNO3. The molecule has 0 spiro atoms. The maximum Gasteiger partial charge on any atom is 0.330 e. The highest BCUT2D eigenvalue weighted by Crippen LogP contribution is 2.28. The lowest BCUT2D eigenvalue weighted by Crippen LogP contribution is -2.21. The van der Waals surface area contributed by atoms with Gasteiger partial charge in [0.05, 0.1) is 6.61 Å². The second-order valence-corrected chi connectivity index (χ2v) is 4.40. The Hall–Kier alpha value is -2.56. The molecule has 21 heavy (non-hydrogen) atoms. The first-order chi connectivity index (χ1) is 10.1. The topological polar surface area (TPSA) is 58.6 Å². The highest BCUT2D eigenvalue weighted by atomic mass is 19.1. The van der Waals surface area contributed by atoms with Gasteiger partial charge in [-0.1, -0.05) is 24.3 Å². The minimum Gasteiger partial charge on any atom is -0.493 e. The molecule has 2 rings (SSSR count). The first-order valence-corrected chi connectivity index (χ1v) is 6.58. The van der Waals surface area contributed by atoms with E-state index in [0.29, 0.717) is 23.6 Å². The van der Waals surface area contributed by atoms with E-state index in [1.807, 2.05) is 6.92 Å². The van der Waals surface area contributed by atoms with E-state index in [9.17, 15) is 14.3 Å². The Morgan fingerprint density at radius 1 is 1.29 bits per heavy atom. The first-order valence-electron chi connectivity index (χ1n) is 6.58. The zero-order valence-electron chi connectivity index (χ0n) is 11.5. The lowest BCUT2D eigenvalue weighted by molar-refractivity contribution is -0.138. The largest absolute Gasteiger partial charge is 0.493 e. The van der Waals surface area contributed by atoms with E-state index in [-0.39, 0.29) is 0 Å². The molecule has 5 heteroatoms. The summed E-state index contributed by atoms with van der Waals surface area (Å²) in [6, 6.07) is 11.6. The molecule has 110 valence electrons. The van der Waals surface area contributed by atoms with Gasteiger partial charge in [0.1, 0.15) is 11.6 Å². The lowest BCUT2D eigenvalue weighted by atomic mass is 10.1. The summed E-state index contributed by atoms with van der Waals surface area (Å²) >= 11 is 0. The van der Waals surface area contributed by atoms with Crippen molar-refractivity contribution in [3.63, 3.8) is 0 Å². The van der Waals surface area contributed by atoms with Crippen LogP contribution in [0.1, 0.15) is 18.5 Å². The summed E-state index contributed by atoms with van der Waals surface area (Å²) in [6.45, 7) is 2.26. The van der Waals surface area contributed by atoms with E-state index >= 15 is 0 Å². The number of anilines is 1. The van der Waals surface area contributed by atoms with E-state index in [1.54, 1.807) is 30.3 Å². The lowest BCUT2D eigenvalue weighted by Gasteiger charge is -2.19. The number of ether oxygens (including phenoxy) is 1. The maximum atomic E-state index is 13.2. The third kappa shape index (κ3) is 3.72. The number of nitrogens with one attached hydrogen (secondary N) is 1. The highest BCUT2D eigenvalue weighted by molar-refractivity contribution is 5.80. The van der Waals surface area contributed by atoms with Crippen molar-refractivity contribution < 1.29 is 19.0 Å². The van der Waals surface area contributed by atoms with Gasteiger partial charge in [0.15, 0.2) is 6.04 Å². The number of carboxylic acids is 1. The Morgan fingerprint density at radius 2 is 2.05 bits per heavy atom. The van der Waals surface area contributed by atoms with Crippen molar-refractivity contribution in [1.82, 2.24) is 0 Å².